The summed E-state index contributed by atoms with van der Waals surface area (Å²) < 4.78 is 0. The van der Waals surface area contributed by atoms with E-state index < -0.39 is 0 Å². The summed E-state index contributed by atoms with van der Waals surface area (Å²) in [5.41, 5.74) is 0. The second-order valence-electron chi connectivity index (χ2n) is 4.95. The van der Waals surface area contributed by atoms with Crippen molar-refractivity contribution in [3.05, 3.63) is 12.2 Å². The number of allylic oxidation sites excluding steroid dienone is 2. The Morgan fingerprint density at radius 1 is 1.33 bits per heavy atom. The van der Waals surface area contributed by atoms with Crippen molar-refractivity contribution in [3.63, 3.8) is 0 Å². The molecule has 0 aromatic carbocycles. The topological polar surface area (TPSA) is 15.3 Å². The first kappa shape index (κ1) is 11.2. The predicted molar refractivity (Wildman–Crippen MR) is 65.0 cm³/mol. The molecule has 0 aromatic rings. The van der Waals surface area contributed by atoms with Crippen LogP contribution >= 0.6 is 0 Å². The Bertz CT molecular complexity index is 213. The number of hydrogen-bond acceptors (Lipinski definition) is 2. The standard InChI is InChI=1S/C13H24N2/c1-2-14-13-8-9-15(11-13)10-12-6-4-3-5-7-12/h3-4,12-14H,2,5-11H2,1H3. The van der Waals surface area contributed by atoms with Crippen LogP contribution in [0.5, 0.6) is 0 Å². The van der Waals surface area contributed by atoms with Gasteiger partial charge in [-0.25, -0.2) is 0 Å². The first-order chi connectivity index (χ1) is 7.38. The minimum Gasteiger partial charge on any atom is -0.313 e. The highest BCUT2D eigenvalue weighted by Gasteiger charge is 2.23. The first-order valence-electron chi connectivity index (χ1n) is 6.49. The van der Waals surface area contributed by atoms with Crippen LogP contribution < -0.4 is 5.32 Å². The van der Waals surface area contributed by atoms with E-state index in [1.165, 1.54) is 45.3 Å². The summed E-state index contributed by atoms with van der Waals surface area (Å²) in [4.78, 5) is 2.65. The Labute approximate surface area is 93.7 Å². The van der Waals surface area contributed by atoms with Gasteiger partial charge in [0.2, 0.25) is 0 Å². The highest BCUT2D eigenvalue weighted by atomic mass is 15.2. The Balaban J connectivity index is 1.69. The summed E-state index contributed by atoms with van der Waals surface area (Å²) in [5.74, 6) is 0.926. The van der Waals surface area contributed by atoms with Gasteiger partial charge in [-0.1, -0.05) is 19.1 Å². The molecule has 0 amide bonds. The number of hydrogen-bond donors (Lipinski definition) is 1. The van der Waals surface area contributed by atoms with Gasteiger partial charge in [-0.3, -0.25) is 0 Å². The van der Waals surface area contributed by atoms with Crippen LogP contribution in [-0.4, -0.2) is 37.1 Å². The molecule has 0 spiro atoms. The van der Waals surface area contributed by atoms with Crippen molar-refractivity contribution in [2.75, 3.05) is 26.2 Å². The molecule has 0 saturated carbocycles. The van der Waals surface area contributed by atoms with Crippen LogP contribution in [0.25, 0.3) is 0 Å². The molecule has 86 valence electrons. The van der Waals surface area contributed by atoms with Gasteiger partial charge in [-0.2, -0.15) is 0 Å². The highest BCUT2D eigenvalue weighted by Crippen LogP contribution is 2.21. The van der Waals surface area contributed by atoms with Crippen LogP contribution in [0, 0.1) is 5.92 Å². The van der Waals surface area contributed by atoms with Crippen molar-refractivity contribution in [3.8, 4) is 0 Å². The Morgan fingerprint density at radius 3 is 3.00 bits per heavy atom. The van der Waals surface area contributed by atoms with E-state index in [1.807, 2.05) is 0 Å². The summed E-state index contributed by atoms with van der Waals surface area (Å²) in [6, 6.07) is 0.758. The third-order valence-electron chi connectivity index (χ3n) is 3.66. The lowest BCUT2D eigenvalue weighted by Gasteiger charge is -2.24. The SMILES string of the molecule is CCNC1CCN(CC2CC=CCC2)C1. The maximum atomic E-state index is 3.56. The zero-order chi connectivity index (χ0) is 10.5. The summed E-state index contributed by atoms with van der Waals surface area (Å²) in [5, 5.41) is 3.56. The predicted octanol–water partition coefficient (Wildman–Crippen LogP) is 2.03. The van der Waals surface area contributed by atoms with E-state index in [-0.39, 0.29) is 0 Å². The van der Waals surface area contributed by atoms with Crippen molar-refractivity contribution in [1.29, 1.82) is 0 Å². The van der Waals surface area contributed by atoms with Gasteiger partial charge in [-0.05, 0) is 44.7 Å². The Hall–Kier alpha value is -0.340. The van der Waals surface area contributed by atoms with Crippen LogP contribution in [0.3, 0.4) is 0 Å². The monoisotopic (exact) mass is 208 g/mol. The second-order valence-corrected chi connectivity index (χ2v) is 4.95. The fourth-order valence-corrected chi connectivity index (χ4v) is 2.84. The van der Waals surface area contributed by atoms with Gasteiger partial charge in [0.25, 0.3) is 0 Å². The number of likely N-dealkylation sites (tertiary alicyclic amines) is 1. The molecular formula is C13H24N2. The molecule has 0 aromatic heterocycles. The molecule has 1 aliphatic heterocycles. The molecule has 1 N–H and O–H groups in total. The quantitative estimate of drug-likeness (QED) is 0.711. The molecule has 0 radical (unpaired) electrons. The molecule has 1 fully saturated rings. The van der Waals surface area contributed by atoms with Gasteiger partial charge in [0.15, 0.2) is 0 Å². The lowest BCUT2D eigenvalue weighted by atomic mass is 9.94. The molecular weight excluding hydrogens is 184 g/mol. The van der Waals surface area contributed by atoms with Crippen molar-refractivity contribution in [2.24, 2.45) is 5.92 Å². The van der Waals surface area contributed by atoms with Crippen molar-refractivity contribution < 1.29 is 0 Å². The van der Waals surface area contributed by atoms with Gasteiger partial charge in [-0.15, -0.1) is 0 Å². The van der Waals surface area contributed by atoms with Gasteiger partial charge in [0.05, 0.1) is 0 Å². The normalized spacial score (nSPS) is 32.3. The molecule has 2 aliphatic rings. The van der Waals surface area contributed by atoms with Crippen molar-refractivity contribution >= 4 is 0 Å². The molecule has 1 aliphatic carbocycles. The third kappa shape index (κ3) is 3.32. The fourth-order valence-electron chi connectivity index (χ4n) is 2.84. The maximum absolute atomic E-state index is 3.56. The molecule has 1 heterocycles. The minimum absolute atomic E-state index is 0.758. The van der Waals surface area contributed by atoms with E-state index in [1.54, 1.807) is 0 Å². The van der Waals surface area contributed by atoms with E-state index in [0.29, 0.717) is 0 Å². The first-order valence-corrected chi connectivity index (χ1v) is 6.49. The van der Waals surface area contributed by atoms with E-state index in [2.05, 4.69) is 29.3 Å². The molecule has 15 heavy (non-hydrogen) atoms. The lowest BCUT2D eigenvalue weighted by Crippen LogP contribution is -2.34. The molecule has 2 atom stereocenters. The Kier molecular flexibility index (Phi) is 4.21. The molecule has 2 rings (SSSR count). The summed E-state index contributed by atoms with van der Waals surface area (Å²) in [6.07, 6.45) is 10.1. The molecule has 2 unspecified atom stereocenters. The van der Waals surface area contributed by atoms with Gasteiger partial charge in [0, 0.05) is 19.1 Å². The third-order valence-corrected chi connectivity index (χ3v) is 3.66. The maximum Gasteiger partial charge on any atom is 0.0207 e. The van der Waals surface area contributed by atoms with E-state index in [4.69, 9.17) is 0 Å². The van der Waals surface area contributed by atoms with Crippen molar-refractivity contribution in [1.82, 2.24) is 10.2 Å². The minimum atomic E-state index is 0.758. The molecule has 0 bridgehead atoms. The van der Waals surface area contributed by atoms with Crippen LogP contribution in [0.2, 0.25) is 0 Å². The summed E-state index contributed by atoms with van der Waals surface area (Å²) in [7, 11) is 0. The second kappa shape index (κ2) is 5.66. The summed E-state index contributed by atoms with van der Waals surface area (Å²) in [6.45, 7) is 7.22. The average molecular weight is 208 g/mol. The van der Waals surface area contributed by atoms with E-state index >= 15 is 0 Å². The number of likely N-dealkylation sites (N-methyl/N-ethyl adjacent to an activating group) is 1. The van der Waals surface area contributed by atoms with E-state index in [9.17, 15) is 0 Å². The van der Waals surface area contributed by atoms with Crippen LogP contribution in [0.4, 0.5) is 0 Å². The molecule has 2 nitrogen and oxygen atoms in total. The largest absolute Gasteiger partial charge is 0.313 e. The zero-order valence-corrected chi connectivity index (χ0v) is 9.91. The lowest BCUT2D eigenvalue weighted by molar-refractivity contribution is 0.261. The van der Waals surface area contributed by atoms with Gasteiger partial charge in [0.1, 0.15) is 0 Å². The highest BCUT2D eigenvalue weighted by molar-refractivity contribution is 4.92. The number of nitrogens with zero attached hydrogens (tertiary/aromatic N) is 1. The van der Waals surface area contributed by atoms with Gasteiger partial charge < -0.3 is 10.2 Å². The van der Waals surface area contributed by atoms with Crippen molar-refractivity contribution in [2.45, 2.75) is 38.6 Å². The van der Waals surface area contributed by atoms with Crippen LogP contribution in [0.1, 0.15) is 32.6 Å². The van der Waals surface area contributed by atoms with Crippen LogP contribution in [-0.2, 0) is 0 Å². The smallest absolute Gasteiger partial charge is 0.0207 e. The average Bonchev–Trinajstić information content (AvgIpc) is 2.68. The number of nitrogens with one attached hydrogen (secondary N) is 1. The van der Waals surface area contributed by atoms with Crippen LogP contribution in [0.15, 0.2) is 12.2 Å². The number of rotatable bonds is 4. The van der Waals surface area contributed by atoms with Gasteiger partial charge >= 0.3 is 0 Å². The molecule has 2 heteroatoms. The zero-order valence-electron chi connectivity index (χ0n) is 9.91. The molecule has 1 saturated heterocycles. The summed E-state index contributed by atoms with van der Waals surface area (Å²) >= 11 is 0. The van der Waals surface area contributed by atoms with E-state index in [0.717, 1.165) is 18.5 Å². The Morgan fingerprint density at radius 2 is 2.27 bits per heavy atom. The fraction of sp³-hybridized carbons (Fsp3) is 0.846.